The van der Waals surface area contributed by atoms with E-state index in [1.165, 1.54) is 0 Å². The molecule has 0 bridgehead atoms. The van der Waals surface area contributed by atoms with Gasteiger partial charge in [0.05, 0.1) is 6.42 Å². The molecule has 2 aliphatic heterocycles. The molecule has 0 saturated carbocycles. The third-order valence-electron chi connectivity index (χ3n) is 6.41. The summed E-state index contributed by atoms with van der Waals surface area (Å²) in [5.41, 5.74) is 0. The lowest BCUT2D eigenvalue weighted by Crippen LogP contribution is -2.41. The smallest absolute Gasteiger partial charge is 0.333 e. The second-order valence-electron chi connectivity index (χ2n) is 10.0. The molecule has 0 aromatic rings. The summed E-state index contributed by atoms with van der Waals surface area (Å²) in [6, 6.07) is -1.69. The highest BCUT2D eigenvalue weighted by molar-refractivity contribution is 6.02. The lowest BCUT2D eigenvalue weighted by molar-refractivity contribution is -0.197. The number of carboxylic acid groups (broad SMARTS) is 1. The minimum absolute atomic E-state index is 0.00645. The molecule has 2 aliphatic rings. The number of amides is 6. The molecule has 2 atom stereocenters. The van der Waals surface area contributed by atoms with Crippen LogP contribution in [0, 0.1) is 0 Å². The standard InChI is InChI=1S/C26H36N4O12/c1-16(8-14-24(37)41-29-20(33)10-11-21(29)34)27-18(31)6-4-2-3-5-7-19(32)28-17(26(39)40)9-15-25(38)42-30-22(35)12-13-23(30)36/h16-17H,2-15H2,1H3,(H,27,31)(H,28,32)(H,39,40). The Morgan fingerprint density at radius 2 is 1.07 bits per heavy atom. The molecule has 232 valence electrons. The minimum atomic E-state index is -1.35. The molecule has 2 unspecified atom stereocenters. The summed E-state index contributed by atoms with van der Waals surface area (Å²) >= 11 is 0. The number of imide groups is 2. The van der Waals surface area contributed by atoms with Gasteiger partial charge in [-0.3, -0.25) is 28.8 Å². The number of carbonyl (C=O) groups excluding carboxylic acids is 8. The van der Waals surface area contributed by atoms with Crippen molar-refractivity contribution in [2.75, 3.05) is 0 Å². The molecule has 2 heterocycles. The van der Waals surface area contributed by atoms with Crippen molar-refractivity contribution in [2.24, 2.45) is 0 Å². The Hall–Kier alpha value is -4.37. The maximum Gasteiger partial charge on any atom is 0.333 e. The van der Waals surface area contributed by atoms with Crippen molar-refractivity contribution in [1.29, 1.82) is 0 Å². The van der Waals surface area contributed by atoms with Crippen LogP contribution in [0.2, 0.25) is 0 Å². The zero-order valence-electron chi connectivity index (χ0n) is 23.4. The van der Waals surface area contributed by atoms with Crippen LogP contribution in [0.5, 0.6) is 0 Å². The third-order valence-corrected chi connectivity index (χ3v) is 6.41. The van der Waals surface area contributed by atoms with E-state index in [0.29, 0.717) is 35.8 Å². The van der Waals surface area contributed by atoms with Crippen LogP contribution in [-0.2, 0) is 52.8 Å². The Labute approximate surface area is 241 Å². The first kappa shape index (κ1) is 33.8. The first-order chi connectivity index (χ1) is 19.9. The Morgan fingerprint density at radius 3 is 1.50 bits per heavy atom. The van der Waals surface area contributed by atoms with E-state index in [1.54, 1.807) is 6.92 Å². The Balaban J connectivity index is 1.53. The number of hydrogen-bond acceptors (Lipinski definition) is 11. The van der Waals surface area contributed by atoms with Crippen molar-refractivity contribution in [3.8, 4) is 0 Å². The second kappa shape index (κ2) is 16.8. The van der Waals surface area contributed by atoms with Gasteiger partial charge in [0.15, 0.2) is 0 Å². The van der Waals surface area contributed by atoms with Gasteiger partial charge >= 0.3 is 17.9 Å². The van der Waals surface area contributed by atoms with Gasteiger partial charge in [0.1, 0.15) is 6.04 Å². The summed E-state index contributed by atoms with van der Waals surface area (Å²) in [6.07, 6.45) is 1.83. The van der Waals surface area contributed by atoms with Crippen molar-refractivity contribution in [2.45, 2.75) is 109 Å². The SMILES string of the molecule is CC(CCC(=O)ON1C(=O)CCC1=O)NC(=O)CCCCCCC(=O)NC(CCC(=O)ON1C(=O)CCC1=O)C(=O)O. The zero-order chi connectivity index (χ0) is 31.2. The lowest BCUT2D eigenvalue weighted by Gasteiger charge is -2.16. The summed E-state index contributed by atoms with van der Waals surface area (Å²) in [5.74, 6) is -6.23. The van der Waals surface area contributed by atoms with Crippen LogP contribution in [-0.4, -0.2) is 80.7 Å². The highest BCUT2D eigenvalue weighted by Gasteiger charge is 2.34. The van der Waals surface area contributed by atoms with Gasteiger partial charge in [-0.2, -0.15) is 0 Å². The van der Waals surface area contributed by atoms with Crippen LogP contribution < -0.4 is 10.6 Å². The third kappa shape index (κ3) is 11.6. The van der Waals surface area contributed by atoms with E-state index >= 15 is 0 Å². The molecule has 16 nitrogen and oxygen atoms in total. The summed E-state index contributed by atoms with van der Waals surface area (Å²) in [7, 11) is 0. The second-order valence-corrected chi connectivity index (χ2v) is 10.0. The van der Waals surface area contributed by atoms with Gasteiger partial charge in [-0.1, -0.05) is 12.8 Å². The van der Waals surface area contributed by atoms with Crippen LogP contribution >= 0.6 is 0 Å². The monoisotopic (exact) mass is 596 g/mol. The summed E-state index contributed by atoms with van der Waals surface area (Å²) < 4.78 is 0. The van der Waals surface area contributed by atoms with Gasteiger partial charge in [0.2, 0.25) is 11.8 Å². The van der Waals surface area contributed by atoms with Crippen LogP contribution in [0.25, 0.3) is 0 Å². The number of carboxylic acids is 1. The summed E-state index contributed by atoms with van der Waals surface area (Å²) in [6.45, 7) is 1.71. The fraction of sp³-hybridized carbons (Fsp3) is 0.654. The normalized spacial score (nSPS) is 16.3. The quantitative estimate of drug-likeness (QED) is 0.142. The van der Waals surface area contributed by atoms with Crippen molar-refractivity contribution < 1.29 is 57.9 Å². The molecule has 3 N–H and O–H groups in total. The van der Waals surface area contributed by atoms with E-state index in [-0.39, 0.29) is 69.7 Å². The predicted molar refractivity (Wildman–Crippen MR) is 138 cm³/mol. The first-order valence-electron chi connectivity index (χ1n) is 13.8. The summed E-state index contributed by atoms with van der Waals surface area (Å²) in [5, 5.41) is 15.2. The fourth-order valence-electron chi connectivity index (χ4n) is 4.07. The van der Waals surface area contributed by atoms with E-state index in [1.807, 2.05) is 0 Å². The highest BCUT2D eigenvalue weighted by Crippen LogP contribution is 2.15. The van der Waals surface area contributed by atoms with E-state index in [4.69, 9.17) is 4.84 Å². The van der Waals surface area contributed by atoms with Gasteiger partial charge in [-0.25, -0.2) is 14.4 Å². The fourth-order valence-corrected chi connectivity index (χ4v) is 4.07. The molecule has 2 fully saturated rings. The number of rotatable bonds is 18. The Morgan fingerprint density at radius 1 is 0.667 bits per heavy atom. The van der Waals surface area contributed by atoms with Crippen LogP contribution in [0.1, 0.15) is 96.8 Å². The van der Waals surface area contributed by atoms with E-state index in [9.17, 15) is 48.3 Å². The van der Waals surface area contributed by atoms with Crippen molar-refractivity contribution in [3.63, 3.8) is 0 Å². The molecule has 16 heteroatoms. The number of hydrogen-bond donors (Lipinski definition) is 3. The van der Waals surface area contributed by atoms with Gasteiger partial charge in [-0.15, -0.1) is 10.1 Å². The van der Waals surface area contributed by atoms with Crippen molar-refractivity contribution in [3.05, 3.63) is 0 Å². The summed E-state index contributed by atoms with van der Waals surface area (Å²) in [4.78, 5) is 115. The van der Waals surface area contributed by atoms with Gasteiger partial charge in [0.25, 0.3) is 23.6 Å². The molecular weight excluding hydrogens is 560 g/mol. The zero-order valence-corrected chi connectivity index (χ0v) is 23.4. The molecule has 0 aromatic heterocycles. The molecule has 0 aliphatic carbocycles. The van der Waals surface area contributed by atoms with Crippen molar-refractivity contribution in [1.82, 2.24) is 20.8 Å². The molecule has 0 spiro atoms. The van der Waals surface area contributed by atoms with Gasteiger partial charge in [0, 0.05) is 51.0 Å². The van der Waals surface area contributed by atoms with E-state index < -0.39 is 59.9 Å². The number of nitrogens with one attached hydrogen (secondary N) is 2. The van der Waals surface area contributed by atoms with Gasteiger partial charge in [-0.05, 0) is 32.6 Å². The number of aliphatic carboxylic acids is 1. The molecular formula is C26H36N4O12. The highest BCUT2D eigenvalue weighted by atomic mass is 16.7. The van der Waals surface area contributed by atoms with Crippen molar-refractivity contribution >= 4 is 53.4 Å². The van der Waals surface area contributed by atoms with Gasteiger partial charge < -0.3 is 25.4 Å². The molecule has 42 heavy (non-hydrogen) atoms. The van der Waals surface area contributed by atoms with E-state index in [2.05, 4.69) is 15.5 Å². The Kier molecular flexibility index (Phi) is 13.5. The number of hydroxylamine groups is 4. The average Bonchev–Trinajstić information content (AvgIpc) is 3.41. The topological polar surface area (TPSA) is 223 Å². The van der Waals surface area contributed by atoms with E-state index in [0.717, 1.165) is 0 Å². The molecule has 2 saturated heterocycles. The van der Waals surface area contributed by atoms with Crippen LogP contribution in [0.3, 0.4) is 0 Å². The molecule has 0 radical (unpaired) electrons. The number of carbonyl (C=O) groups is 9. The lowest BCUT2D eigenvalue weighted by atomic mass is 10.1. The molecule has 2 rings (SSSR count). The largest absolute Gasteiger partial charge is 0.480 e. The number of nitrogens with zero attached hydrogens (tertiary/aromatic N) is 2. The molecule has 6 amide bonds. The predicted octanol–water partition coefficient (Wildman–Crippen LogP) is 0.176. The Bertz CT molecular complexity index is 1060. The van der Waals surface area contributed by atoms with Crippen LogP contribution in [0.15, 0.2) is 0 Å². The number of unbranched alkanes of at least 4 members (excludes halogenated alkanes) is 3. The average molecular weight is 597 g/mol. The first-order valence-corrected chi connectivity index (χ1v) is 13.8. The van der Waals surface area contributed by atoms with Crippen LogP contribution in [0.4, 0.5) is 0 Å². The molecule has 0 aromatic carbocycles. The minimum Gasteiger partial charge on any atom is -0.480 e. The maximum absolute atomic E-state index is 12.1. The maximum atomic E-state index is 12.1.